The molecule has 4 N–H and O–H groups in total. The van der Waals surface area contributed by atoms with Gasteiger partial charge in [0.1, 0.15) is 6.04 Å². The van der Waals surface area contributed by atoms with Gasteiger partial charge in [-0.15, -0.1) is 0 Å². The number of amides is 3. The molecule has 1 unspecified atom stereocenters. The number of carbonyl (C=O) groups is 3. The van der Waals surface area contributed by atoms with E-state index in [-0.39, 0.29) is 18.2 Å². The number of rotatable bonds is 3. The Labute approximate surface area is 112 Å². The molecular weight excluding hydrogens is 246 g/mol. The van der Waals surface area contributed by atoms with Gasteiger partial charge in [-0.1, -0.05) is 19.3 Å². The molecule has 0 aromatic heterocycles. The topological polar surface area (TPSA) is 101 Å². The van der Waals surface area contributed by atoms with Crippen LogP contribution in [0, 0.1) is 5.41 Å². The molecule has 1 atom stereocenters. The van der Waals surface area contributed by atoms with Crippen molar-refractivity contribution >= 4 is 17.7 Å². The third-order valence-electron chi connectivity index (χ3n) is 4.23. The van der Waals surface area contributed by atoms with Crippen LogP contribution in [0.15, 0.2) is 0 Å². The molecule has 0 radical (unpaired) electrons. The standard InChI is InChI=1S/C13H21N3O3/c14-8-13(6-2-1-3-7-13)12(19)15-9-4-5-10(17)16-11(9)18/h9H,1-8,14H2,(H,15,19)(H,16,17,18). The lowest BCUT2D eigenvalue weighted by atomic mass is 9.73. The molecule has 6 heteroatoms. The van der Waals surface area contributed by atoms with Crippen LogP contribution < -0.4 is 16.4 Å². The lowest BCUT2D eigenvalue weighted by Gasteiger charge is -2.36. The van der Waals surface area contributed by atoms with E-state index in [1.165, 1.54) is 0 Å². The summed E-state index contributed by atoms with van der Waals surface area (Å²) in [7, 11) is 0. The highest BCUT2D eigenvalue weighted by Gasteiger charge is 2.40. The van der Waals surface area contributed by atoms with Crippen LogP contribution in [0.1, 0.15) is 44.9 Å². The van der Waals surface area contributed by atoms with Gasteiger partial charge in [0.2, 0.25) is 17.7 Å². The lowest BCUT2D eigenvalue weighted by molar-refractivity contribution is -0.140. The normalized spacial score (nSPS) is 26.7. The molecule has 1 saturated heterocycles. The zero-order chi connectivity index (χ0) is 13.9. The molecule has 0 aromatic rings. The van der Waals surface area contributed by atoms with E-state index in [0.29, 0.717) is 13.0 Å². The van der Waals surface area contributed by atoms with Gasteiger partial charge in [0.25, 0.3) is 0 Å². The van der Waals surface area contributed by atoms with Crippen molar-refractivity contribution in [3.8, 4) is 0 Å². The van der Waals surface area contributed by atoms with Crippen LogP contribution in [0.25, 0.3) is 0 Å². The highest BCUT2D eigenvalue weighted by atomic mass is 16.2. The van der Waals surface area contributed by atoms with Crippen molar-refractivity contribution in [1.82, 2.24) is 10.6 Å². The molecule has 1 heterocycles. The zero-order valence-corrected chi connectivity index (χ0v) is 11.0. The molecule has 0 aromatic carbocycles. The van der Waals surface area contributed by atoms with E-state index in [2.05, 4.69) is 10.6 Å². The Hall–Kier alpha value is -1.43. The lowest BCUT2D eigenvalue weighted by Crippen LogP contribution is -2.57. The molecule has 1 aliphatic heterocycles. The molecule has 2 fully saturated rings. The second-order valence-electron chi connectivity index (χ2n) is 5.52. The Bertz CT molecular complexity index is 389. The minimum Gasteiger partial charge on any atom is -0.344 e. The highest BCUT2D eigenvalue weighted by molar-refractivity contribution is 6.02. The van der Waals surface area contributed by atoms with Crippen molar-refractivity contribution in [3.63, 3.8) is 0 Å². The second-order valence-corrected chi connectivity index (χ2v) is 5.52. The first-order chi connectivity index (χ1) is 9.07. The summed E-state index contributed by atoms with van der Waals surface area (Å²) in [5.41, 5.74) is 5.26. The van der Waals surface area contributed by atoms with Gasteiger partial charge >= 0.3 is 0 Å². The highest BCUT2D eigenvalue weighted by Crippen LogP contribution is 2.35. The molecule has 19 heavy (non-hydrogen) atoms. The summed E-state index contributed by atoms with van der Waals surface area (Å²) >= 11 is 0. The third-order valence-corrected chi connectivity index (χ3v) is 4.23. The summed E-state index contributed by atoms with van der Waals surface area (Å²) in [6.45, 7) is 0.312. The molecular formula is C13H21N3O3. The third kappa shape index (κ3) is 2.94. The van der Waals surface area contributed by atoms with Crippen LogP contribution in [-0.4, -0.2) is 30.3 Å². The number of hydrogen-bond acceptors (Lipinski definition) is 4. The maximum absolute atomic E-state index is 12.4. The van der Waals surface area contributed by atoms with Crippen molar-refractivity contribution in [3.05, 3.63) is 0 Å². The number of nitrogens with one attached hydrogen (secondary N) is 2. The summed E-state index contributed by atoms with van der Waals surface area (Å²) in [5.74, 6) is -0.821. The number of imide groups is 1. The Morgan fingerprint density at radius 3 is 2.58 bits per heavy atom. The van der Waals surface area contributed by atoms with Gasteiger partial charge in [0.05, 0.1) is 5.41 Å². The first-order valence-corrected chi connectivity index (χ1v) is 6.92. The van der Waals surface area contributed by atoms with Crippen LogP contribution in [0.5, 0.6) is 0 Å². The predicted octanol–water partition coefficient (Wildman–Crippen LogP) is -0.183. The van der Waals surface area contributed by atoms with Gasteiger partial charge in [-0.05, 0) is 19.3 Å². The fourth-order valence-corrected chi connectivity index (χ4v) is 2.90. The van der Waals surface area contributed by atoms with Crippen LogP contribution in [0.3, 0.4) is 0 Å². The smallest absolute Gasteiger partial charge is 0.249 e. The Morgan fingerprint density at radius 2 is 2.00 bits per heavy atom. The van der Waals surface area contributed by atoms with E-state index in [1.54, 1.807) is 0 Å². The van der Waals surface area contributed by atoms with Gasteiger partial charge in [0.15, 0.2) is 0 Å². The first kappa shape index (κ1) is 14.0. The molecule has 3 amide bonds. The molecule has 0 spiro atoms. The fourth-order valence-electron chi connectivity index (χ4n) is 2.90. The molecule has 1 aliphatic carbocycles. The van der Waals surface area contributed by atoms with Gasteiger partial charge in [-0.25, -0.2) is 0 Å². The molecule has 106 valence electrons. The molecule has 0 bridgehead atoms. The van der Waals surface area contributed by atoms with Crippen LogP contribution in [-0.2, 0) is 14.4 Å². The van der Waals surface area contributed by atoms with E-state index in [1.807, 2.05) is 0 Å². The SMILES string of the molecule is NCC1(C(=O)NC2CCC(=O)NC2=O)CCCCC1. The number of piperidine rings is 1. The maximum atomic E-state index is 12.4. The van der Waals surface area contributed by atoms with Crippen LogP contribution in [0.2, 0.25) is 0 Å². The second kappa shape index (κ2) is 5.69. The summed E-state index contributed by atoms with van der Waals surface area (Å²) < 4.78 is 0. The van der Waals surface area contributed by atoms with Gasteiger partial charge in [0, 0.05) is 13.0 Å². The van der Waals surface area contributed by atoms with Crippen LogP contribution >= 0.6 is 0 Å². The Balaban J connectivity index is 1.99. The van der Waals surface area contributed by atoms with Gasteiger partial charge in [-0.2, -0.15) is 0 Å². The van der Waals surface area contributed by atoms with Gasteiger partial charge in [-0.3, -0.25) is 19.7 Å². The monoisotopic (exact) mass is 267 g/mol. The van der Waals surface area contributed by atoms with Crippen molar-refractivity contribution in [1.29, 1.82) is 0 Å². The first-order valence-electron chi connectivity index (χ1n) is 6.92. The molecule has 2 aliphatic rings. The predicted molar refractivity (Wildman–Crippen MR) is 68.9 cm³/mol. The van der Waals surface area contributed by atoms with E-state index < -0.39 is 17.4 Å². The van der Waals surface area contributed by atoms with E-state index >= 15 is 0 Å². The molecule has 6 nitrogen and oxygen atoms in total. The quantitative estimate of drug-likeness (QED) is 0.617. The maximum Gasteiger partial charge on any atom is 0.249 e. The molecule has 1 saturated carbocycles. The van der Waals surface area contributed by atoms with Crippen LogP contribution in [0.4, 0.5) is 0 Å². The van der Waals surface area contributed by atoms with Crippen molar-refractivity contribution in [2.75, 3.05) is 6.54 Å². The van der Waals surface area contributed by atoms with Gasteiger partial charge < -0.3 is 11.1 Å². The summed E-state index contributed by atoms with van der Waals surface area (Å²) in [5, 5.41) is 5.01. The number of hydrogen-bond donors (Lipinski definition) is 3. The van der Waals surface area contributed by atoms with Crippen molar-refractivity contribution in [2.24, 2.45) is 11.1 Å². The average molecular weight is 267 g/mol. The number of nitrogens with two attached hydrogens (primary N) is 1. The van der Waals surface area contributed by atoms with E-state index in [4.69, 9.17) is 5.73 Å². The summed E-state index contributed by atoms with van der Waals surface area (Å²) in [6, 6.07) is -0.601. The summed E-state index contributed by atoms with van der Waals surface area (Å²) in [4.78, 5) is 35.1. The van der Waals surface area contributed by atoms with Crippen molar-refractivity contribution in [2.45, 2.75) is 51.0 Å². The Kier molecular flexibility index (Phi) is 4.19. The average Bonchev–Trinajstić information content (AvgIpc) is 2.42. The molecule has 2 rings (SSSR count). The minimum atomic E-state index is -0.601. The van der Waals surface area contributed by atoms with E-state index in [9.17, 15) is 14.4 Å². The van der Waals surface area contributed by atoms with Crippen molar-refractivity contribution < 1.29 is 14.4 Å². The Morgan fingerprint density at radius 1 is 1.32 bits per heavy atom. The minimum absolute atomic E-state index is 0.135. The zero-order valence-electron chi connectivity index (χ0n) is 11.0. The summed E-state index contributed by atoms with van der Waals surface area (Å²) in [6.07, 6.45) is 5.34. The van der Waals surface area contributed by atoms with E-state index in [0.717, 1.165) is 32.1 Å². The fraction of sp³-hybridized carbons (Fsp3) is 0.769. The number of carbonyl (C=O) groups excluding carboxylic acids is 3. The largest absolute Gasteiger partial charge is 0.344 e.